The van der Waals surface area contributed by atoms with Crippen molar-refractivity contribution in [1.82, 2.24) is 5.32 Å². The molecule has 108 valence electrons. The van der Waals surface area contributed by atoms with Crippen LogP contribution in [0.5, 0.6) is 5.75 Å². The van der Waals surface area contributed by atoms with Gasteiger partial charge in [0.05, 0.1) is 7.11 Å². The highest BCUT2D eigenvalue weighted by molar-refractivity contribution is 7.11. The summed E-state index contributed by atoms with van der Waals surface area (Å²) in [6, 6.07) is 13.3. The summed E-state index contributed by atoms with van der Waals surface area (Å²) in [6.07, 6.45) is 2.25. The van der Waals surface area contributed by atoms with Crippen LogP contribution in [-0.4, -0.2) is 13.2 Å². The molecule has 0 aliphatic heterocycles. The number of nitrogens with one attached hydrogen (secondary N) is 1. The Morgan fingerprint density at radius 3 is 2.50 bits per heavy atom. The topological polar surface area (TPSA) is 21.3 Å². The van der Waals surface area contributed by atoms with Gasteiger partial charge in [-0.1, -0.05) is 12.1 Å². The van der Waals surface area contributed by atoms with Gasteiger partial charge in [-0.15, -0.1) is 11.3 Å². The Labute approximate surface area is 125 Å². The second-order valence-electron chi connectivity index (χ2n) is 5.18. The number of methoxy groups -OCH3 is 1. The zero-order valence-electron chi connectivity index (χ0n) is 12.5. The molecule has 2 rings (SSSR count). The lowest BCUT2D eigenvalue weighted by molar-refractivity contribution is 0.414. The van der Waals surface area contributed by atoms with E-state index in [9.17, 15) is 0 Å². The summed E-state index contributed by atoms with van der Waals surface area (Å²) < 4.78 is 5.17. The maximum absolute atomic E-state index is 5.17. The lowest BCUT2D eigenvalue weighted by Gasteiger charge is -2.13. The lowest BCUT2D eigenvalue weighted by Crippen LogP contribution is -2.25. The Balaban J connectivity index is 1.72. The van der Waals surface area contributed by atoms with Crippen molar-refractivity contribution in [3.8, 4) is 5.75 Å². The van der Waals surface area contributed by atoms with Crippen LogP contribution in [0.4, 0.5) is 0 Å². The minimum atomic E-state index is 0.527. The van der Waals surface area contributed by atoms with Crippen LogP contribution in [0.15, 0.2) is 36.4 Å². The summed E-state index contributed by atoms with van der Waals surface area (Å²) in [5, 5.41) is 3.59. The van der Waals surface area contributed by atoms with E-state index in [0.29, 0.717) is 6.04 Å². The van der Waals surface area contributed by atoms with Crippen molar-refractivity contribution < 1.29 is 4.74 Å². The fraction of sp³-hybridized carbons (Fsp3) is 0.412. The van der Waals surface area contributed by atoms with E-state index >= 15 is 0 Å². The number of hydrogen-bond donors (Lipinski definition) is 1. The van der Waals surface area contributed by atoms with Crippen molar-refractivity contribution in [3.63, 3.8) is 0 Å². The summed E-state index contributed by atoms with van der Waals surface area (Å²) in [5.74, 6) is 0.924. The molecule has 20 heavy (non-hydrogen) atoms. The monoisotopic (exact) mass is 289 g/mol. The molecule has 0 radical (unpaired) electrons. The molecule has 0 bridgehead atoms. The summed E-state index contributed by atoms with van der Waals surface area (Å²) in [4.78, 5) is 2.80. The number of ether oxygens (including phenoxy) is 1. The summed E-state index contributed by atoms with van der Waals surface area (Å²) >= 11 is 1.87. The molecule has 2 nitrogen and oxygen atoms in total. The van der Waals surface area contributed by atoms with Gasteiger partial charge in [-0.3, -0.25) is 0 Å². The molecule has 1 atom stereocenters. The SMILES string of the molecule is COc1ccc(CCC(C)NCc2ccc(C)s2)cc1. The minimum absolute atomic E-state index is 0.527. The molecule has 0 spiro atoms. The Hall–Kier alpha value is -1.32. The van der Waals surface area contributed by atoms with Gasteiger partial charge in [-0.25, -0.2) is 0 Å². The molecule has 0 fully saturated rings. The van der Waals surface area contributed by atoms with Gasteiger partial charge < -0.3 is 10.1 Å². The van der Waals surface area contributed by atoms with Crippen molar-refractivity contribution >= 4 is 11.3 Å². The van der Waals surface area contributed by atoms with E-state index in [-0.39, 0.29) is 0 Å². The average Bonchev–Trinajstić information content (AvgIpc) is 2.89. The third-order valence-corrected chi connectivity index (χ3v) is 4.45. The van der Waals surface area contributed by atoms with Crippen molar-refractivity contribution in [2.24, 2.45) is 0 Å². The van der Waals surface area contributed by atoms with Crippen LogP contribution >= 0.6 is 11.3 Å². The van der Waals surface area contributed by atoms with Crippen molar-refractivity contribution in [3.05, 3.63) is 51.7 Å². The molecule has 1 aromatic carbocycles. The highest BCUT2D eigenvalue weighted by Crippen LogP contribution is 2.16. The molecular weight excluding hydrogens is 266 g/mol. The van der Waals surface area contributed by atoms with Gasteiger partial charge in [0.25, 0.3) is 0 Å². The van der Waals surface area contributed by atoms with Gasteiger partial charge in [-0.05, 0) is 56.5 Å². The average molecular weight is 289 g/mol. The standard InChI is InChI=1S/C17H23NOS/c1-13(18-12-17-11-5-14(2)20-17)4-6-15-7-9-16(19-3)10-8-15/h5,7-11,13,18H,4,6,12H2,1-3H3. The second-order valence-corrected chi connectivity index (χ2v) is 6.55. The van der Waals surface area contributed by atoms with Crippen LogP contribution in [0.3, 0.4) is 0 Å². The number of rotatable bonds is 7. The molecule has 0 saturated heterocycles. The van der Waals surface area contributed by atoms with Crippen LogP contribution in [0.2, 0.25) is 0 Å². The summed E-state index contributed by atoms with van der Waals surface area (Å²) in [7, 11) is 1.70. The van der Waals surface area contributed by atoms with Crippen molar-refractivity contribution in [1.29, 1.82) is 0 Å². The molecular formula is C17H23NOS. The normalized spacial score (nSPS) is 12.3. The van der Waals surface area contributed by atoms with Gasteiger partial charge in [0.15, 0.2) is 0 Å². The number of hydrogen-bond acceptors (Lipinski definition) is 3. The first kappa shape index (κ1) is 15.1. The van der Waals surface area contributed by atoms with Crippen molar-refractivity contribution in [2.75, 3.05) is 7.11 Å². The molecule has 2 aromatic rings. The quantitative estimate of drug-likeness (QED) is 0.825. The molecule has 0 aliphatic carbocycles. The maximum Gasteiger partial charge on any atom is 0.118 e. The van der Waals surface area contributed by atoms with E-state index in [4.69, 9.17) is 4.74 Å². The first-order chi connectivity index (χ1) is 9.67. The van der Waals surface area contributed by atoms with Crippen LogP contribution in [0, 0.1) is 6.92 Å². The molecule has 3 heteroatoms. The first-order valence-electron chi connectivity index (χ1n) is 7.09. The van der Waals surface area contributed by atoms with Gasteiger partial charge in [0, 0.05) is 22.3 Å². The zero-order chi connectivity index (χ0) is 14.4. The third kappa shape index (κ3) is 4.66. The Kier molecular flexibility index (Phi) is 5.62. The van der Waals surface area contributed by atoms with Gasteiger partial charge >= 0.3 is 0 Å². The third-order valence-electron chi connectivity index (χ3n) is 3.45. The molecule has 0 amide bonds. The van der Waals surface area contributed by atoms with Gasteiger partial charge in [0.1, 0.15) is 5.75 Å². The minimum Gasteiger partial charge on any atom is -0.497 e. The highest BCUT2D eigenvalue weighted by atomic mass is 32.1. The Morgan fingerprint density at radius 2 is 1.90 bits per heavy atom. The Bertz CT molecular complexity index is 518. The predicted octanol–water partition coefficient (Wildman–Crippen LogP) is 4.18. The first-order valence-corrected chi connectivity index (χ1v) is 7.90. The molecule has 0 saturated carbocycles. The largest absolute Gasteiger partial charge is 0.497 e. The van der Waals surface area contributed by atoms with E-state index in [1.54, 1.807) is 7.11 Å². The van der Waals surface area contributed by atoms with E-state index in [2.05, 4.69) is 43.4 Å². The number of thiophene rings is 1. The number of benzene rings is 1. The van der Waals surface area contributed by atoms with E-state index < -0.39 is 0 Å². The van der Waals surface area contributed by atoms with Crippen LogP contribution in [-0.2, 0) is 13.0 Å². The van der Waals surface area contributed by atoms with E-state index in [1.807, 2.05) is 23.5 Å². The van der Waals surface area contributed by atoms with Gasteiger partial charge in [0.2, 0.25) is 0 Å². The maximum atomic E-state index is 5.17. The molecule has 1 unspecified atom stereocenters. The zero-order valence-corrected chi connectivity index (χ0v) is 13.3. The predicted molar refractivity (Wildman–Crippen MR) is 86.7 cm³/mol. The van der Waals surface area contributed by atoms with Crippen molar-refractivity contribution in [2.45, 2.75) is 39.3 Å². The molecule has 1 heterocycles. The highest BCUT2D eigenvalue weighted by Gasteiger charge is 2.04. The van der Waals surface area contributed by atoms with E-state index in [0.717, 1.165) is 25.1 Å². The summed E-state index contributed by atoms with van der Waals surface area (Å²) in [5.41, 5.74) is 1.37. The van der Waals surface area contributed by atoms with Crippen LogP contribution in [0.1, 0.15) is 28.7 Å². The second kappa shape index (κ2) is 7.46. The molecule has 1 N–H and O–H groups in total. The lowest BCUT2D eigenvalue weighted by atomic mass is 10.1. The number of aryl methyl sites for hydroxylation is 2. The van der Waals surface area contributed by atoms with Crippen LogP contribution < -0.4 is 10.1 Å². The fourth-order valence-corrected chi connectivity index (χ4v) is 2.97. The van der Waals surface area contributed by atoms with Gasteiger partial charge in [-0.2, -0.15) is 0 Å². The smallest absolute Gasteiger partial charge is 0.118 e. The van der Waals surface area contributed by atoms with E-state index in [1.165, 1.54) is 15.3 Å². The summed E-state index contributed by atoms with van der Waals surface area (Å²) in [6.45, 7) is 5.38. The Morgan fingerprint density at radius 1 is 1.15 bits per heavy atom. The molecule has 1 aromatic heterocycles. The van der Waals surface area contributed by atoms with Crippen LogP contribution in [0.25, 0.3) is 0 Å². The fourth-order valence-electron chi connectivity index (χ4n) is 2.13. The molecule has 0 aliphatic rings.